The number of hydrogen-bond donors (Lipinski definition) is 2. The van der Waals surface area contributed by atoms with Crippen LogP contribution in [0.3, 0.4) is 0 Å². The van der Waals surface area contributed by atoms with Gasteiger partial charge in [0.2, 0.25) is 0 Å². The van der Waals surface area contributed by atoms with Crippen molar-refractivity contribution in [3.05, 3.63) is 42.0 Å². The van der Waals surface area contributed by atoms with E-state index < -0.39 is 0 Å². The second-order valence-electron chi connectivity index (χ2n) is 6.08. The van der Waals surface area contributed by atoms with Crippen LogP contribution in [-0.4, -0.2) is 42.7 Å². The zero-order valence-electron chi connectivity index (χ0n) is 15.6. The van der Waals surface area contributed by atoms with Crippen molar-refractivity contribution >= 4 is 30.0 Å². The van der Waals surface area contributed by atoms with Gasteiger partial charge < -0.3 is 15.4 Å². The number of nitrogens with two attached hydrogens (primary N) is 1. The van der Waals surface area contributed by atoms with E-state index in [0.29, 0.717) is 12.0 Å². The number of esters is 1. The maximum absolute atomic E-state index is 11.1. The van der Waals surface area contributed by atoms with Crippen LogP contribution in [0.15, 0.2) is 36.4 Å². The fraction of sp³-hybridized carbons (Fsp3) is 0.368. The topological polar surface area (TPSA) is 105 Å². The van der Waals surface area contributed by atoms with E-state index in [0.717, 1.165) is 42.9 Å². The van der Waals surface area contributed by atoms with Crippen LogP contribution in [0.2, 0.25) is 0 Å². The number of benzene rings is 1. The van der Waals surface area contributed by atoms with E-state index in [2.05, 4.69) is 14.9 Å². The summed E-state index contributed by atoms with van der Waals surface area (Å²) in [6.45, 7) is 0.850. The predicted octanol–water partition coefficient (Wildman–Crippen LogP) is 3.02. The Balaban J connectivity index is 0.00000364. The Morgan fingerprint density at radius 1 is 1.11 bits per heavy atom. The number of hydrogen-bond acceptors (Lipinski definition) is 6. The molecule has 2 rings (SSSR count). The first-order valence-electron chi connectivity index (χ1n) is 8.58. The Labute approximate surface area is 165 Å². The molecule has 0 bridgehead atoms. The summed E-state index contributed by atoms with van der Waals surface area (Å²) in [4.78, 5) is 13.1. The van der Waals surface area contributed by atoms with Gasteiger partial charge in [-0.2, -0.15) is 0 Å². The first-order chi connectivity index (χ1) is 12.5. The lowest BCUT2D eigenvalue weighted by Crippen LogP contribution is -2.20. The van der Waals surface area contributed by atoms with Crippen molar-refractivity contribution in [1.82, 2.24) is 10.2 Å². The summed E-state index contributed by atoms with van der Waals surface area (Å²) in [5.41, 5.74) is 7.85. The number of anilines is 1. The quantitative estimate of drug-likeness (QED) is 0.294. The van der Waals surface area contributed by atoms with Gasteiger partial charge in [-0.3, -0.25) is 10.2 Å². The van der Waals surface area contributed by atoms with Crippen molar-refractivity contribution in [1.29, 1.82) is 5.41 Å². The molecule has 1 aromatic carbocycles. The van der Waals surface area contributed by atoms with E-state index in [1.54, 1.807) is 12.1 Å². The smallest absolute Gasteiger partial charge is 0.305 e. The normalized spacial score (nSPS) is 10.0. The van der Waals surface area contributed by atoms with E-state index in [1.807, 2.05) is 36.2 Å². The molecule has 0 aliphatic rings. The largest absolute Gasteiger partial charge is 0.469 e. The number of unbranched alkanes of at least 4 members (excludes halogenated alkanes) is 2. The van der Waals surface area contributed by atoms with E-state index in [1.165, 1.54) is 7.11 Å². The minimum Gasteiger partial charge on any atom is -0.469 e. The molecule has 1 aromatic heterocycles. The van der Waals surface area contributed by atoms with Crippen molar-refractivity contribution in [3.8, 4) is 11.3 Å². The Bertz CT molecular complexity index is 735. The van der Waals surface area contributed by atoms with Crippen LogP contribution >= 0.6 is 12.4 Å². The molecule has 0 aliphatic carbocycles. The highest BCUT2D eigenvalue weighted by Gasteiger charge is 2.06. The zero-order chi connectivity index (χ0) is 18.9. The maximum atomic E-state index is 11.1. The number of nitrogen functional groups attached to an aromatic ring is 1. The second kappa shape index (κ2) is 11.1. The third-order valence-electron chi connectivity index (χ3n) is 4.14. The Morgan fingerprint density at radius 3 is 2.37 bits per heavy atom. The highest BCUT2D eigenvalue weighted by Crippen LogP contribution is 2.19. The monoisotopic (exact) mass is 391 g/mol. The number of methoxy groups -OCH3 is 1. The molecule has 1 heterocycles. The molecule has 0 radical (unpaired) electrons. The predicted molar refractivity (Wildman–Crippen MR) is 109 cm³/mol. The molecule has 2 aromatic rings. The molecule has 7 nitrogen and oxygen atoms in total. The van der Waals surface area contributed by atoms with Gasteiger partial charge in [-0.25, -0.2) is 0 Å². The van der Waals surface area contributed by atoms with Gasteiger partial charge in [0.05, 0.1) is 12.8 Å². The number of carbonyl (C=O) groups excluding carboxylic acids is 1. The standard InChI is InChI=1S/C19H25N5O2.ClH/c1-24(13-5-3-4-6-18(25)26-2)17-12-11-16(22-23-17)14-7-9-15(10-8-14)19(20)21;/h7-12H,3-6,13H2,1-2H3,(H3,20,21);1H. The number of aromatic nitrogens is 2. The highest BCUT2D eigenvalue weighted by molar-refractivity contribution is 5.95. The number of nitrogens with one attached hydrogen (secondary N) is 1. The second-order valence-corrected chi connectivity index (χ2v) is 6.08. The summed E-state index contributed by atoms with van der Waals surface area (Å²) in [5, 5.41) is 16.0. The lowest BCUT2D eigenvalue weighted by Gasteiger charge is -2.17. The minimum atomic E-state index is -0.156. The van der Waals surface area contributed by atoms with Crippen LogP contribution in [0.5, 0.6) is 0 Å². The SMILES string of the molecule is COC(=O)CCCCCN(C)c1ccc(-c2ccc(C(=N)N)cc2)nn1.Cl. The molecular weight excluding hydrogens is 366 g/mol. The van der Waals surface area contributed by atoms with Gasteiger partial charge in [-0.05, 0) is 25.0 Å². The molecule has 27 heavy (non-hydrogen) atoms. The van der Waals surface area contributed by atoms with Crippen molar-refractivity contribution in [2.24, 2.45) is 5.73 Å². The molecule has 0 saturated carbocycles. The molecule has 3 N–H and O–H groups in total. The fourth-order valence-electron chi connectivity index (χ4n) is 2.52. The summed E-state index contributed by atoms with van der Waals surface area (Å²) in [6.07, 6.45) is 3.25. The Morgan fingerprint density at radius 2 is 1.81 bits per heavy atom. The van der Waals surface area contributed by atoms with Crippen LogP contribution in [0.25, 0.3) is 11.3 Å². The molecule has 0 aliphatic heterocycles. The zero-order valence-corrected chi connectivity index (χ0v) is 16.5. The van der Waals surface area contributed by atoms with Gasteiger partial charge in [0.25, 0.3) is 0 Å². The van der Waals surface area contributed by atoms with Crippen LogP contribution in [-0.2, 0) is 9.53 Å². The molecule has 146 valence electrons. The van der Waals surface area contributed by atoms with Crippen molar-refractivity contribution in [3.63, 3.8) is 0 Å². The summed E-state index contributed by atoms with van der Waals surface area (Å²) >= 11 is 0. The van der Waals surface area contributed by atoms with Crippen LogP contribution < -0.4 is 10.6 Å². The first-order valence-corrected chi connectivity index (χ1v) is 8.58. The van der Waals surface area contributed by atoms with Crippen LogP contribution in [0, 0.1) is 5.41 Å². The molecule has 0 saturated heterocycles. The van der Waals surface area contributed by atoms with E-state index in [4.69, 9.17) is 11.1 Å². The van der Waals surface area contributed by atoms with E-state index in [-0.39, 0.29) is 24.2 Å². The van der Waals surface area contributed by atoms with Gasteiger partial charge in [-0.15, -0.1) is 22.6 Å². The summed E-state index contributed by atoms with van der Waals surface area (Å²) in [7, 11) is 3.39. The summed E-state index contributed by atoms with van der Waals surface area (Å²) < 4.78 is 4.63. The number of carbonyl (C=O) groups is 1. The number of amidine groups is 1. The summed E-state index contributed by atoms with van der Waals surface area (Å²) in [6, 6.07) is 11.2. The van der Waals surface area contributed by atoms with Gasteiger partial charge in [0, 0.05) is 31.1 Å². The molecule has 0 unspecified atom stereocenters. The number of halogens is 1. The molecule has 0 atom stereocenters. The number of rotatable bonds is 9. The average molecular weight is 392 g/mol. The molecule has 0 fully saturated rings. The van der Waals surface area contributed by atoms with E-state index in [9.17, 15) is 4.79 Å². The maximum Gasteiger partial charge on any atom is 0.305 e. The number of ether oxygens (including phenoxy) is 1. The van der Waals surface area contributed by atoms with Crippen LogP contribution in [0.4, 0.5) is 5.82 Å². The molecule has 0 amide bonds. The Hall–Kier alpha value is -2.67. The lowest BCUT2D eigenvalue weighted by molar-refractivity contribution is -0.140. The lowest BCUT2D eigenvalue weighted by atomic mass is 10.1. The molecule has 8 heteroatoms. The van der Waals surface area contributed by atoms with Gasteiger partial charge in [0.15, 0.2) is 5.82 Å². The van der Waals surface area contributed by atoms with Crippen molar-refractivity contribution < 1.29 is 9.53 Å². The van der Waals surface area contributed by atoms with Crippen LogP contribution in [0.1, 0.15) is 31.2 Å². The van der Waals surface area contributed by atoms with Crippen molar-refractivity contribution in [2.75, 3.05) is 25.6 Å². The highest BCUT2D eigenvalue weighted by atomic mass is 35.5. The van der Waals surface area contributed by atoms with Gasteiger partial charge in [-0.1, -0.05) is 30.7 Å². The molecule has 0 spiro atoms. The molecular formula is C19H26ClN5O2. The fourth-order valence-corrected chi connectivity index (χ4v) is 2.52. The average Bonchev–Trinajstić information content (AvgIpc) is 2.67. The van der Waals surface area contributed by atoms with Crippen molar-refractivity contribution in [2.45, 2.75) is 25.7 Å². The number of nitrogens with zero attached hydrogens (tertiary/aromatic N) is 3. The summed E-state index contributed by atoms with van der Waals surface area (Å²) in [5.74, 6) is 0.699. The van der Waals surface area contributed by atoms with Gasteiger partial charge in [0.1, 0.15) is 5.84 Å². The Kier molecular flexibility index (Phi) is 9.22. The third kappa shape index (κ3) is 6.86. The minimum absolute atomic E-state index is 0. The van der Waals surface area contributed by atoms with E-state index >= 15 is 0 Å². The van der Waals surface area contributed by atoms with Gasteiger partial charge >= 0.3 is 5.97 Å². The first kappa shape index (κ1) is 22.4. The third-order valence-corrected chi connectivity index (χ3v) is 4.14.